The Bertz CT molecular complexity index is 809. The number of primary amides is 1. The summed E-state index contributed by atoms with van der Waals surface area (Å²) in [5.41, 5.74) is 5.88. The number of halogens is 3. The topological polar surface area (TPSA) is 79.4 Å². The summed E-state index contributed by atoms with van der Waals surface area (Å²) in [5.74, 6) is -0.887. The average molecular weight is 418 g/mol. The normalized spacial score (nSPS) is 11.8. The highest BCUT2D eigenvalue weighted by atomic mass is 35.5. The van der Waals surface area contributed by atoms with Gasteiger partial charge in [-0.15, -0.1) is 0 Å². The van der Waals surface area contributed by atoms with Gasteiger partial charge in [0.25, 0.3) is 5.91 Å². The predicted octanol–water partition coefficient (Wildman–Crippen LogP) is 4.22. The lowest BCUT2D eigenvalue weighted by Gasteiger charge is -2.17. The van der Waals surface area contributed by atoms with Crippen LogP contribution in [0.15, 0.2) is 24.4 Å². The summed E-state index contributed by atoms with van der Waals surface area (Å²) < 4.78 is 37.2. The van der Waals surface area contributed by atoms with Crippen LogP contribution in [0.4, 0.5) is 8.78 Å². The van der Waals surface area contributed by atoms with Crippen LogP contribution in [-0.2, 0) is 11.5 Å². The summed E-state index contributed by atoms with van der Waals surface area (Å²) in [6.45, 7) is 4.19. The number of ether oxygens (including phenoxy) is 2. The Hall–Kier alpha value is -1.97. The molecule has 0 fully saturated rings. The van der Waals surface area contributed by atoms with Gasteiger partial charge in [-0.05, 0) is 24.2 Å². The molecule has 0 aliphatic carbocycles. The zero-order valence-electron chi connectivity index (χ0n) is 15.3. The highest BCUT2D eigenvalue weighted by molar-refractivity contribution is 6.76. The molecule has 0 aliphatic heterocycles. The fraction of sp³-hybridized carbons (Fsp3) is 0.412. The Labute approximate surface area is 162 Å². The van der Waals surface area contributed by atoms with Crippen LogP contribution in [0.1, 0.15) is 10.4 Å². The lowest BCUT2D eigenvalue weighted by atomic mass is 10.1. The van der Waals surface area contributed by atoms with Crippen molar-refractivity contribution in [3.05, 3.63) is 35.0 Å². The van der Waals surface area contributed by atoms with Crippen molar-refractivity contribution in [2.75, 3.05) is 6.61 Å². The number of hydrogen-bond acceptors (Lipinski definition) is 4. The zero-order chi connectivity index (χ0) is 20.2. The fourth-order valence-corrected chi connectivity index (χ4v) is 3.29. The fourth-order valence-electron chi connectivity index (χ4n) is 2.36. The Balaban J connectivity index is 2.39. The molecule has 1 heterocycles. The van der Waals surface area contributed by atoms with E-state index in [1.54, 1.807) is 0 Å². The van der Waals surface area contributed by atoms with Gasteiger partial charge in [0.1, 0.15) is 12.5 Å². The summed E-state index contributed by atoms with van der Waals surface area (Å²) in [7, 11) is -1.27. The molecule has 0 spiro atoms. The molecular weight excluding hydrogens is 396 g/mol. The van der Waals surface area contributed by atoms with Gasteiger partial charge in [-0.25, -0.2) is 4.68 Å². The van der Waals surface area contributed by atoms with Gasteiger partial charge >= 0.3 is 6.61 Å². The minimum Gasteiger partial charge on any atom is -0.434 e. The Morgan fingerprint density at radius 3 is 2.67 bits per heavy atom. The van der Waals surface area contributed by atoms with Crippen molar-refractivity contribution in [2.45, 2.75) is 39.0 Å². The third-order valence-corrected chi connectivity index (χ3v) is 5.67. The second-order valence-electron chi connectivity index (χ2n) is 7.14. The number of hydrogen-bond donors (Lipinski definition) is 1. The molecule has 1 amide bonds. The van der Waals surface area contributed by atoms with E-state index in [1.807, 2.05) is 0 Å². The highest BCUT2D eigenvalue weighted by Gasteiger charge is 2.22. The van der Waals surface area contributed by atoms with Gasteiger partial charge in [-0.1, -0.05) is 31.2 Å². The van der Waals surface area contributed by atoms with Crippen LogP contribution < -0.4 is 10.5 Å². The van der Waals surface area contributed by atoms with Crippen LogP contribution in [0.5, 0.6) is 5.75 Å². The second kappa shape index (κ2) is 8.81. The third kappa shape index (κ3) is 6.01. The van der Waals surface area contributed by atoms with Crippen molar-refractivity contribution in [3.63, 3.8) is 0 Å². The number of aromatic nitrogens is 2. The molecule has 1 aromatic carbocycles. The van der Waals surface area contributed by atoms with E-state index in [2.05, 4.69) is 29.5 Å². The molecule has 0 saturated carbocycles. The number of alkyl halides is 2. The van der Waals surface area contributed by atoms with Gasteiger partial charge in [0.15, 0.2) is 0 Å². The minimum atomic E-state index is -3.04. The number of carbonyl (C=O) groups excluding carboxylic acids is 1. The van der Waals surface area contributed by atoms with E-state index >= 15 is 0 Å². The minimum absolute atomic E-state index is 0.0354. The Morgan fingerprint density at radius 2 is 2.07 bits per heavy atom. The molecule has 27 heavy (non-hydrogen) atoms. The maximum Gasteiger partial charge on any atom is 0.387 e. The van der Waals surface area contributed by atoms with Crippen molar-refractivity contribution in [3.8, 4) is 17.0 Å². The maximum atomic E-state index is 12.8. The lowest BCUT2D eigenvalue weighted by Crippen LogP contribution is -2.22. The molecule has 0 aliphatic rings. The Kier molecular flexibility index (Phi) is 6.96. The molecule has 148 valence electrons. The van der Waals surface area contributed by atoms with E-state index in [0.717, 1.165) is 6.04 Å². The molecule has 2 rings (SSSR count). The second-order valence-corrected chi connectivity index (χ2v) is 13.2. The molecule has 2 N–H and O–H groups in total. The van der Waals surface area contributed by atoms with E-state index < -0.39 is 20.6 Å². The first-order valence-corrected chi connectivity index (χ1v) is 12.3. The number of carbonyl (C=O) groups is 1. The average Bonchev–Trinajstić information content (AvgIpc) is 2.96. The van der Waals surface area contributed by atoms with Gasteiger partial charge in [0.05, 0.1) is 17.5 Å². The van der Waals surface area contributed by atoms with E-state index in [9.17, 15) is 13.6 Å². The molecule has 10 heteroatoms. The van der Waals surface area contributed by atoms with Crippen LogP contribution in [0.2, 0.25) is 30.7 Å². The first kappa shape index (κ1) is 21.3. The van der Waals surface area contributed by atoms with Crippen LogP contribution >= 0.6 is 11.6 Å². The summed E-state index contributed by atoms with van der Waals surface area (Å²) in [5, 5.41) is 4.40. The van der Waals surface area contributed by atoms with Crippen molar-refractivity contribution >= 4 is 25.6 Å². The van der Waals surface area contributed by atoms with Crippen molar-refractivity contribution < 1.29 is 23.0 Å². The molecule has 6 nitrogen and oxygen atoms in total. The SMILES string of the molecule is C[Si](C)(C)CCOCn1ncc(C(N)=O)c1-c1cc(Cl)ccc1OC(F)F. The zero-order valence-corrected chi connectivity index (χ0v) is 17.1. The molecule has 0 atom stereocenters. The standard InChI is InChI=1S/C17H22ClF2N3O3Si/c1-27(2,3)7-6-25-10-23-15(13(9-22-23)16(21)24)12-8-11(18)4-5-14(12)26-17(19)20/h4-5,8-9,17H,6-7,10H2,1-3H3,(H2,21,24). The van der Waals surface area contributed by atoms with Gasteiger partial charge < -0.3 is 15.2 Å². The number of nitrogens with zero attached hydrogens (tertiary/aromatic N) is 2. The monoisotopic (exact) mass is 417 g/mol. The van der Waals surface area contributed by atoms with Gasteiger partial charge in [0.2, 0.25) is 0 Å². The summed E-state index contributed by atoms with van der Waals surface area (Å²) in [6, 6.07) is 5.08. The summed E-state index contributed by atoms with van der Waals surface area (Å²) in [6.07, 6.45) is 1.27. The third-order valence-electron chi connectivity index (χ3n) is 3.73. The molecule has 0 bridgehead atoms. The van der Waals surface area contributed by atoms with E-state index in [-0.39, 0.29) is 34.3 Å². The van der Waals surface area contributed by atoms with Crippen molar-refractivity contribution in [1.29, 1.82) is 0 Å². The van der Waals surface area contributed by atoms with Crippen molar-refractivity contribution in [1.82, 2.24) is 9.78 Å². The highest BCUT2D eigenvalue weighted by Crippen LogP contribution is 2.35. The first-order valence-electron chi connectivity index (χ1n) is 8.26. The number of nitrogens with two attached hydrogens (primary N) is 1. The van der Waals surface area contributed by atoms with Gasteiger partial charge in [-0.2, -0.15) is 13.9 Å². The molecule has 1 aromatic heterocycles. The maximum absolute atomic E-state index is 12.8. The number of benzene rings is 1. The quantitative estimate of drug-likeness (QED) is 0.489. The molecule has 2 aromatic rings. The molecular formula is C17H22ClF2N3O3Si. The first-order chi connectivity index (χ1) is 12.6. The number of rotatable bonds is 9. The van der Waals surface area contributed by atoms with Crippen LogP contribution in [0.3, 0.4) is 0 Å². The molecule has 0 unspecified atom stereocenters. The molecule has 0 radical (unpaired) electrons. The number of amides is 1. The van der Waals surface area contributed by atoms with E-state index in [1.165, 1.54) is 29.1 Å². The summed E-state index contributed by atoms with van der Waals surface area (Å²) >= 11 is 6.02. The Morgan fingerprint density at radius 1 is 1.37 bits per heavy atom. The smallest absolute Gasteiger partial charge is 0.387 e. The van der Waals surface area contributed by atoms with E-state index in [4.69, 9.17) is 22.1 Å². The largest absolute Gasteiger partial charge is 0.434 e. The van der Waals surface area contributed by atoms with Crippen LogP contribution in [0.25, 0.3) is 11.3 Å². The van der Waals surface area contributed by atoms with Gasteiger partial charge in [-0.3, -0.25) is 4.79 Å². The molecule has 0 saturated heterocycles. The lowest BCUT2D eigenvalue weighted by molar-refractivity contribution is -0.0494. The van der Waals surface area contributed by atoms with Crippen LogP contribution in [0, 0.1) is 0 Å². The van der Waals surface area contributed by atoms with Crippen molar-refractivity contribution in [2.24, 2.45) is 5.73 Å². The predicted molar refractivity (Wildman–Crippen MR) is 102 cm³/mol. The summed E-state index contributed by atoms with van der Waals surface area (Å²) in [4.78, 5) is 11.8. The van der Waals surface area contributed by atoms with E-state index in [0.29, 0.717) is 6.61 Å². The van der Waals surface area contributed by atoms with Gasteiger partial charge in [0, 0.05) is 25.3 Å². The van der Waals surface area contributed by atoms with Crippen LogP contribution in [-0.4, -0.2) is 37.0 Å².